The molecule has 0 fully saturated rings. The first-order chi connectivity index (χ1) is 13.1. The highest BCUT2D eigenvalue weighted by Gasteiger charge is 2.34. The molecular weight excluding hydrogens is 346 g/mol. The molecule has 4 aromatic rings. The number of carbonyl (C=O) groups excluding carboxylic acids is 1. The van der Waals surface area contributed by atoms with Gasteiger partial charge in [-0.1, -0.05) is 18.2 Å². The van der Waals surface area contributed by atoms with E-state index in [0.717, 1.165) is 16.7 Å². The van der Waals surface area contributed by atoms with Crippen molar-refractivity contribution in [2.75, 3.05) is 0 Å². The topological polar surface area (TPSA) is 92.3 Å². The molecule has 0 saturated heterocycles. The number of H-pyrrole nitrogens is 1. The second-order valence-corrected chi connectivity index (χ2v) is 6.62. The fraction of sp³-hybridized carbons (Fsp3) is 0.150. The van der Waals surface area contributed by atoms with Crippen LogP contribution in [0.15, 0.2) is 62.6 Å². The van der Waals surface area contributed by atoms with Crippen LogP contribution in [0.3, 0.4) is 0 Å². The molecule has 7 nitrogen and oxygen atoms in total. The van der Waals surface area contributed by atoms with Crippen LogP contribution in [-0.2, 0) is 6.54 Å². The number of hydrogen-bond donors (Lipinski definition) is 1. The standard InChI is InChI=1S/C20H15N3O4/c1-11-14-4-3-13(18-8-21-10-26-18)7-15(14)19(24)23(11)9-12-2-5-16-17(6-12)27-20(25)22-16/h2-8,10-11H,9H2,1H3,(H,22,25). The van der Waals surface area contributed by atoms with Gasteiger partial charge in [0, 0.05) is 17.7 Å². The van der Waals surface area contributed by atoms with Crippen molar-refractivity contribution in [2.24, 2.45) is 0 Å². The van der Waals surface area contributed by atoms with Crippen LogP contribution in [0.1, 0.15) is 34.5 Å². The van der Waals surface area contributed by atoms with Crippen LogP contribution >= 0.6 is 0 Å². The summed E-state index contributed by atoms with van der Waals surface area (Å²) in [7, 11) is 0. The van der Waals surface area contributed by atoms with Crippen molar-refractivity contribution in [3.63, 3.8) is 0 Å². The van der Waals surface area contributed by atoms with Crippen LogP contribution in [0, 0.1) is 0 Å². The average Bonchev–Trinajstić information content (AvgIpc) is 3.37. The van der Waals surface area contributed by atoms with E-state index in [9.17, 15) is 9.59 Å². The molecule has 2 aromatic heterocycles. The molecule has 5 rings (SSSR count). The lowest BCUT2D eigenvalue weighted by Gasteiger charge is -2.22. The van der Waals surface area contributed by atoms with Crippen molar-refractivity contribution in [1.29, 1.82) is 0 Å². The zero-order chi connectivity index (χ0) is 18.5. The number of aromatic amines is 1. The Kier molecular flexibility index (Phi) is 3.30. The largest absolute Gasteiger partial charge is 0.444 e. The fourth-order valence-corrected chi connectivity index (χ4v) is 3.61. The molecule has 0 saturated carbocycles. The van der Waals surface area contributed by atoms with Crippen molar-refractivity contribution in [3.8, 4) is 11.3 Å². The van der Waals surface area contributed by atoms with Crippen LogP contribution in [0.5, 0.6) is 0 Å². The van der Waals surface area contributed by atoms with E-state index in [2.05, 4.69) is 9.97 Å². The number of carbonyl (C=O) groups is 1. The third-order valence-electron chi connectivity index (χ3n) is 5.02. The van der Waals surface area contributed by atoms with Crippen LogP contribution in [0.25, 0.3) is 22.4 Å². The van der Waals surface area contributed by atoms with Crippen LogP contribution in [-0.4, -0.2) is 20.8 Å². The van der Waals surface area contributed by atoms with E-state index in [1.54, 1.807) is 23.2 Å². The van der Waals surface area contributed by atoms with Crippen molar-refractivity contribution in [3.05, 3.63) is 76.2 Å². The molecule has 1 aliphatic heterocycles. The Labute approximate surface area is 153 Å². The molecule has 3 heterocycles. The van der Waals surface area contributed by atoms with Gasteiger partial charge in [0.2, 0.25) is 0 Å². The van der Waals surface area contributed by atoms with Crippen molar-refractivity contribution >= 4 is 17.0 Å². The summed E-state index contributed by atoms with van der Waals surface area (Å²) in [5.74, 6) is 0.110. The summed E-state index contributed by atoms with van der Waals surface area (Å²) in [4.78, 5) is 32.7. The Hall–Kier alpha value is -3.61. The Balaban J connectivity index is 1.47. The summed E-state index contributed by atoms with van der Waals surface area (Å²) in [6.45, 7) is 2.43. The maximum absolute atomic E-state index is 13.0. The molecule has 7 heteroatoms. The van der Waals surface area contributed by atoms with Gasteiger partial charge in [0.05, 0.1) is 17.8 Å². The van der Waals surface area contributed by atoms with Crippen LogP contribution in [0.2, 0.25) is 0 Å². The molecule has 1 unspecified atom stereocenters. The Bertz CT molecular complexity index is 1220. The smallest absolute Gasteiger partial charge is 0.417 e. The first-order valence-corrected chi connectivity index (χ1v) is 8.56. The normalized spacial score (nSPS) is 16.3. The van der Waals surface area contributed by atoms with Gasteiger partial charge in [0.1, 0.15) is 0 Å². The van der Waals surface area contributed by atoms with E-state index in [1.807, 2.05) is 31.2 Å². The Morgan fingerprint density at radius 3 is 2.89 bits per heavy atom. The number of rotatable bonds is 3. The minimum atomic E-state index is -0.486. The molecule has 0 aliphatic carbocycles. The summed E-state index contributed by atoms with van der Waals surface area (Å²) < 4.78 is 10.4. The maximum Gasteiger partial charge on any atom is 0.417 e. The molecule has 1 N–H and O–H groups in total. The number of nitrogens with one attached hydrogen (secondary N) is 1. The highest BCUT2D eigenvalue weighted by molar-refractivity contribution is 6.00. The van der Waals surface area contributed by atoms with Crippen molar-refractivity contribution in [1.82, 2.24) is 14.9 Å². The van der Waals surface area contributed by atoms with E-state index in [1.165, 1.54) is 6.39 Å². The molecule has 2 aromatic carbocycles. The highest BCUT2D eigenvalue weighted by atomic mass is 16.4. The zero-order valence-corrected chi connectivity index (χ0v) is 14.4. The number of fused-ring (bicyclic) bond motifs is 2. The lowest BCUT2D eigenvalue weighted by Crippen LogP contribution is -2.26. The predicted octanol–water partition coefficient (Wildman–Crippen LogP) is 3.49. The zero-order valence-electron chi connectivity index (χ0n) is 14.4. The summed E-state index contributed by atoms with van der Waals surface area (Å²) in [6, 6.07) is 11.2. The van der Waals surface area contributed by atoms with Gasteiger partial charge in [-0.25, -0.2) is 9.78 Å². The lowest BCUT2D eigenvalue weighted by atomic mass is 10.0. The first kappa shape index (κ1) is 15.6. The van der Waals surface area contributed by atoms with E-state index in [-0.39, 0.29) is 11.9 Å². The summed E-state index contributed by atoms with van der Waals surface area (Å²) in [5.41, 5.74) is 4.51. The van der Waals surface area contributed by atoms with E-state index < -0.39 is 5.76 Å². The first-order valence-electron chi connectivity index (χ1n) is 8.56. The highest BCUT2D eigenvalue weighted by Crippen LogP contribution is 2.36. The quantitative estimate of drug-likeness (QED) is 0.603. The van der Waals surface area contributed by atoms with Crippen LogP contribution < -0.4 is 5.76 Å². The number of oxazole rings is 2. The van der Waals surface area contributed by atoms with E-state index >= 15 is 0 Å². The van der Waals surface area contributed by atoms with Gasteiger partial charge in [-0.15, -0.1) is 0 Å². The van der Waals surface area contributed by atoms with Gasteiger partial charge in [-0.05, 0) is 36.2 Å². The van der Waals surface area contributed by atoms with Crippen molar-refractivity contribution < 1.29 is 13.6 Å². The predicted molar refractivity (Wildman–Crippen MR) is 97.1 cm³/mol. The number of hydrogen-bond acceptors (Lipinski definition) is 5. The second kappa shape index (κ2) is 5.70. The third-order valence-corrected chi connectivity index (χ3v) is 5.02. The fourth-order valence-electron chi connectivity index (χ4n) is 3.61. The molecule has 0 bridgehead atoms. The molecule has 1 aliphatic rings. The van der Waals surface area contributed by atoms with Gasteiger partial charge in [-0.2, -0.15) is 0 Å². The van der Waals surface area contributed by atoms with Gasteiger partial charge in [0.25, 0.3) is 5.91 Å². The summed E-state index contributed by atoms with van der Waals surface area (Å²) in [6.07, 6.45) is 3.00. The number of aromatic nitrogens is 2. The van der Waals surface area contributed by atoms with Crippen molar-refractivity contribution in [2.45, 2.75) is 19.5 Å². The van der Waals surface area contributed by atoms with Gasteiger partial charge in [0.15, 0.2) is 17.7 Å². The van der Waals surface area contributed by atoms with E-state index in [4.69, 9.17) is 8.83 Å². The molecule has 0 spiro atoms. The molecule has 1 atom stereocenters. The SMILES string of the molecule is CC1c2ccc(-c3cnco3)cc2C(=O)N1Cc1ccc2[nH]c(=O)oc2c1. The average molecular weight is 361 g/mol. The molecule has 1 amide bonds. The molecule has 0 radical (unpaired) electrons. The van der Waals surface area contributed by atoms with Crippen LogP contribution in [0.4, 0.5) is 0 Å². The monoisotopic (exact) mass is 361 g/mol. The molecular formula is C20H15N3O4. The third kappa shape index (κ3) is 2.47. The second-order valence-electron chi connectivity index (χ2n) is 6.62. The lowest BCUT2D eigenvalue weighted by molar-refractivity contribution is 0.0723. The van der Waals surface area contributed by atoms with E-state index in [0.29, 0.717) is 29.0 Å². The summed E-state index contributed by atoms with van der Waals surface area (Å²) >= 11 is 0. The molecule has 134 valence electrons. The maximum atomic E-state index is 13.0. The number of benzene rings is 2. The van der Waals surface area contributed by atoms with Gasteiger partial charge >= 0.3 is 5.76 Å². The van der Waals surface area contributed by atoms with Gasteiger partial charge < -0.3 is 13.7 Å². The minimum absolute atomic E-state index is 0.0329. The van der Waals surface area contributed by atoms with Gasteiger partial charge in [-0.3, -0.25) is 9.78 Å². The number of nitrogens with zero attached hydrogens (tertiary/aromatic N) is 2. The minimum Gasteiger partial charge on any atom is -0.444 e. The molecule has 27 heavy (non-hydrogen) atoms. The Morgan fingerprint density at radius 1 is 1.19 bits per heavy atom. The summed E-state index contributed by atoms with van der Waals surface area (Å²) in [5, 5.41) is 0. The Morgan fingerprint density at radius 2 is 2.07 bits per heavy atom. The number of amides is 1.